The predicted octanol–water partition coefficient (Wildman–Crippen LogP) is 1.31. The van der Waals surface area contributed by atoms with Crippen LogP contribution in [0, 0.1) is 23.0 Å². The van der Waals surface area contributed by atoms with Crippen LogP contribution in [0.15, 0.2) is 23.1 Å². The first-order valence-corrected chi connectivity index (χ1v) is 8.31. The van der Waals surface area contributed by atoms with E-state index in [4.69, 9.17) is 5.73 Å². The van der Waals surface area contributed by atoms with Crippen molar-refractivity contribution in [1.29, 1.82) is 0 Å². The van der Waals surface area contributed by atoms with E-state index in [0.29, 0.717) is 12.1 Å². The summed E-state index contributed by atoms with van der Waals surface area (Å²) < 4.78 is 27.4. The fourth-order valence-electron chi connectivity index (χ4n) is 2.69. The molecule has 1 saturated carbocycles. The molecule has 0 saturated heterocycles. The Balaban J connectivity index is 2.27. The first-order valence-electron chi connectivity index (χ1n) is 6.82. The van der Waals surface area contributed by atoms with Crippen LogP contribution in [0.4, 0.5) is 5.69 Å². The quantitative estimate of drug-likeness (QED) is 0.628. The van der Waals surface area contributed by atoms with E-state index in [-0.39, 0.29) is 22.5 Å². The molecule has 2 rings (SSSR count). The molecule has 0 amide bonds. The molecule has 116 valence electrons. The lowest BCUT2D eigenvalue weighted by Crippen LogP contribution is -2.39. The number of nitro benzene ring substituents is 1. The average molecular weight is 313 g/mol. The van der Waals surface area contributed by atoms with Crippen LogP contribution >= 0.6 is 0 Å². The molecule has 1 aromatic rings. The molecule has 0 spiro atoms. The van der Waals surface area contributed by atoms with Gasteiger partial charge in [0.1, 0.15) is 0 Å². The summed E-state index contributed by atoms with van der Waals surface area (Å²) in [4.78, 5) is 10.3. The molecule has 3 N–H and O–H groups in total. The van der Waals surface area contributed by atoms with Crippen molar-refractivity contribution in [2.24, 2.45) is 11.7 Å². The number of sulfonamides is 1. The van der Waals surface area contributed by atoms with Gasteiger partial charge in [-0.1, -0.05) is 12.5 Å². The molecule has 8 heteroatoms. The molecule has 7 nitrogen and oxygen atoms in total. The first-order chi connectivity index (χ1) is 9.85. The second kappa shape index (κ2) is 6.08. The van der Waals surface area contributed by atoms with Gasteiger partial charge in [0.25, 0.3) is 5.69 Å². The Morgan fingerprint density at radius 1 is 1.43 bits per heavy atom. The maximum atomic E-state index is 12.4. The van der Waals surface area contributed by atoms with Gasteiger partial charge in [-0.2, -0.15) is 0 Å². The summed E-state index contributed by atoms with van der Waals surface area (Å²) in [7, 11) is -3.77. The van der Waals surface area contributed by atoms with E-state index in [1.165, 1.54) is 12.1 Å². The molecule has 21 heavy (non-hydrogen) atoms. The molecular weight excluding hydrogens is 294 g/mol. The fraction of sp³-hybridized carbons (Fsp3) is 0.538. The molecular formula is C13H19N3O4S. The van der Waals surface area contributed by atoms with Crippen molar-refractivity contribution in [2.75, 3.05) is 6.54 Å². The van der Waals surface area contributed by atoms with Gasteiger partial charge in [-0.15, -0.1) is 0 Å². The van der Waals surface area contributed by atoms with Crippen molar-refractivity contribution in [2.45, 2.75) is 37.1 Å². The van der Waals surface area contributed by atoms with Gasteiger partial charge >= 0.3 is 0 Å². The highest BCUT2D eigenvalue weighted by Crippen LogP contribution is 2.27. The third-order valence-electron chi connectivity index (χ3n) is 3.96. The molecule has 0 aliphatic heterocycles. The van der Waals surface area contributed by atoms with E-state index in [2.05, 4.69) is 4.72 Å². The van der Waals surface area contributed by atoms with E-state index in [0.717, 1.165) is 25.3 Å². The van der Waals surface area contributed by atoms with Gasteiger partial charge in [-0.25, -0.2) is 13.1 Å². The lowest BCUT2D eigenvalue weighted by molar-refractivity contribution is -0.385. The number of hydrogen-bond acceptors (Lipinski definition) is 5. The fourth-order valence-corrected chi connectivity index (χ4v) is 4.05. The highest BCUT2D eigenvalue weighted by atomic mass is 32.2. The monoisotopic (exact) mass is 313 g/mol. The Hall–Kier alpha value is -1.51. The Morgan fingerprint density at radius 3 is 2.76 bits per heavy atom. The topological polar surface area (TPSA) is 115 Å². The largest absolute Gasteiger partial charge is 0.330 e. The van der Waals surface area contributed by atoms with Gasteiger partial charge in [0.2, 0.25) is 10.0 Å². The smallest absolute Gasteiger partial charge is 0.273 e. The maximum Gasteiger partial charge on any atom is 0.273 e. The third kappa shape index (κ3) is 3.39. The van der Waals surface area contributed by atoms with Gasteiger partial charge in [-0.3, -0.25) is 10.1 Å². The number of nitro groups is 1. The van der Waals surface area contributed by atoms with Gasteiger partial charge in [0.05, 0.1) is 9.82 Å². The van der Waals surface area contributed by atoms with Crippen molar-refractivity contribution in [3.8, 4) is 0 Å². The second-order valence-electron chi connectivity index (χ2n) is 5.36. The standard InChI is InChI=1S/C13H19N3O4S/c1-9-5-6-11(7-13(9)16(17)18)21(19,20)15-12-4-2-3-10(12)8-14/h5-7,10,12,15H,2-4,8,14H2,1H3. The first kappa shape index (κ1) is 15.9. The summed E-state index contributed by atoms with van der Waals surface area (Å²) in [5.74, 6) is 0.125. The van der Waals surface area contributed by atoms with Crippen LogP contribution < -0.4 is 10.5 Å². The van der Waals surface area contributed by atoms with E-state index in [1.807, 2.05) is 0 Å². The highest BCUT2D eigenvalue weighted by Gasteiger charge is 2.31. The zero-order chi connectivity index (χ0) is 15.6. The van der Waals surface area contributed by atoms with Crippen molar-refractivity contribution < 1.29 is 13.3 Å². The average Bonchev–Trinajstić information content (AvgIpc) is 2.85. The number of aryl methyl sites for hydroxylation is 1. The summed E-state index contributed by atoms with van der Waals surface area (Å²) in [5, 5.41) is 10.9. The second-order valence-corrected chi connectivity index (χ2v) is 7.07. The van der Waals surface area contributed by atoms with Gasteiger partial charge in [0.15, 0.2) is 0 Å². The molecule has 1 fully saturated rings. The van der Waals surface area contributed by atoms with E-state index < -0.39 is 14.9 Å². The van der Waals surface area contributed by atoms with Crippen LogP contribution in [0.3, 0.4) is 0 Å². The Bertz CT molecular complexity index is 645. The van der Waals surface area contributed by atoms with Crippen molar-refractivity contribution in [3.63, 3.8) is 0 Å². The van der Waals surface area contributed by atoms with Gasteiger partial charge < -0.3 is 5.73 Å². The highest BCUT2D eigenvalue weighted by molar-refractivity contribution is 7.89. The zero-order valence-electron chi connectivity index (χ0n) is 11.8. The number of nitrogens with two attached hydrogens (primary N) is 1. The molecule has 0 bridgehead atoms. The summed E-state index contributed by atoms with van der Waals surface area (Å²) in [6.07, 6.45) is 2.58. The third-order valence-corrected chi connectivity index (χ3v) is 5.44. The Kier molecular flexibility index (Phi) is 4.60. The van der Waals surface area contributed by atoms with Crippen LogP contribution in [0.2, 0.25) is 0 Å². The maximum absolute atomic E-state index is 12.4. The molecule has 0 radical (unpaired) electrons. The van der Waals surface area contributed by atoms with Crippen LogP contribution in [0.1, 0.15) is 24.8 Å². The van der Waals surface area contributed by atoms with Crippen LogP contribution in [-0.4, -0.2) is 25.9 Å². The number of nitrogens with one attached hydrogen (secondary N) is 1. The lowest BCUT2D eigenvalue weighted by Gasteiger charge is -2.19. The normalized spacial score (nSPS) is 22.4. The molecule has 0 aromatic heterocycles. The number of rotatable bonds is 5. The molecule has 2 atom stereocenters. The molecule has 2 unspecified atom stereocenters. The number of benzene rings is 1. The molecule has 1 aromatic carbocycles. The molecule has 0 heterocycles. The van der Waals surface area contributed by atoms with Crippen molar-refractivity contribution in [3.05, 3.63) is 33.9 Å². The Morgan fingerprint density at radius 2 is 2.14 bits per heavy atom. The Labute approximate surface area is 123 Å². The van der Waals surface area contributed by atoms with E-state index >= 15 is 0 Å². The minimum absolute atomic E-state index is 0.0810. The molecule has 1 aliphatic carbocycles. The summed E-state index contributed by atoms with van der Waals surface area (Å²) in [6, 6.07) is 3.74. The minimum Gasteiger partial charge on any atom is -0.330 e. The van der Waals surface area contributed by atoms with Gasteiger partial charge in [0, 0.05) is 17.7 Å². The van der Waals surface area contributed by atoms with E-state index in [1.54, 1.807) is 6.92 Å². The SMILES string of the molecule is Cc1ccc(S(=O)(=O)NC2CCCC2CN)cc1[N+](=O)[O-]. The van der Waals surface area contributed by atoms with Crippen LogP contribution in [-0.2, 0) is 10.0 Å². The summed E-state index contributed by atoms with van der Waals surface area (Å²) in [6.45, 7) is 2.00. The van der Waals surface area contributed by atoms with Crippen molar-refractivity contribution >= 4 is 15.7 Å². The summed E-state index contributed by atoms with van der Waals surface area (Å²) in [5.41, 5.74) is 5.88. The summed E-state index contributed by atoms with van der Waals surface area (Å²) >= 11 is 0. The van der Waals surface area contributed by atoms with Crippen molar-refractivity contribution in [1.82, 2.24) is 4.72 Å². The lowest BCUT2D eigenvalue weighted by atomic mass is 10.1. The zero-order valence-corrected chi connectivity index (χ0v) is 12.6. The number of hydrogen-bond donors (Lipinski definition) is 2. The van der Waals surface area contributed by atoms with Crippen LogP contribution in [0.5, 0.6) is 0 Å². The van der Waals surface area contributed by atoms with Gasteiger partial charge in [-0.05, 0) is 38.3 Å². The van der Waals surface area contributed by atoms with E-state index in [9.17, 15) is 18.5 Å². The number of nitrogens with zero attached hydrogens (tertiary/aromatic N) is 1. The minimum atomic E-state index is -3.77. The van der Waals surface area contributed by atoms with Crippen LogP contribution in [0.25, 0.3) is 0 Å². The predicted molar refractivity (Wildman–Crippen MR) is 78.3 cm³/mol. The molecule has 1 aliphatic rings.